The first kappa shape index (κ1) is 13.7. The van der Waals surface area contributed by atoms with Crippen molar-refractivity contribution in [3.8, 4) is 0 Å². The van der Waals surface area contributed by atoms with Gasteiger partial charge >= 0.3 is 0 Å². The van der Waals surface area contributed by atoms with Gasteiger partial charge in [0.2, 0.25) is 0 Å². The molecular weight excluding hydrogens is 242 g/mol. The average Bonchev–Trinajstić information content (AvgIpc) is 2.47. The summed E-state index contributed by atoms with van der Waals surface area (Å²) in [5, 5.41) is 11.4. The normalized spacial score (nSPS) is 30.8. The van der Waals surface area contributed by atoms with E-state index in [1.165, 1.54) is 0 Å². The van der Waals surface area contributed by atoms with E-state index in [1.807, 2.05) is 37.3 Å². The molecule has 0 aliphatic carbocycles. The first-order chi connectivity index (χ1) is 9.14. The van der Waals surface area contributed by atoms with E-state index < -0.39 is 5.54 Å². The van der Waals surface area contributed by atoms with Gasteiger partial charge in [0, 0.05) is 11.3 Å². The standard InChI is InChI=1S/C15H19NO3/c1-3-13-10-14(12-8-6-5-7-9-12)19-11-15(13,4-2)16(17)18/h3,5-9,13-14H,1,4,10-11H2,2H3/t13-,14-,15+/m0/s1. The van der Waals surface area contributed by atoms with Gasteiger partial charge < -0.3 is 4.74 Å². The van der Waals surface area contributed by atoms with E-state index in [1.54, 1.807) is 6.08 Å². The summed E-state index contributed by atoms with van der Waals surface area (Å²) in [6, 6.07) is 9.85. The Bertz CT molecular complexity index is 460. The summed E-state index contributed by atoms with van der Waals surface area (Å²) in [5.74, 6) is -0.161. The van der Waals surface area contributed by atoms with Crippen molar-refractivity contribution in [2.75, 3.05) is 6.61 Å². The summed E-state index contributed by atoms with van der Waals surface area (Å²) in [6.07, 6.45) is 2.70. The molecule has 0 unspecified atom stereocenters. The summed E-state index contributed by atoms with van der Waals surface area (Å²) in [7, 11) is 0. The third kappa shape index (κ3) is 2.40. The molecule has 3 atom stereocenters. The molecule has 1 aliphatic heterocycles. The molecule has 0 N–H and O–H groups in total. The maximum absolute atomic E-state index is 11.4. The van der Waals surface area contributed by atoms with E-state index in [4.69, 9.17) is 4.74 Å². The molecule has 2 rings (SSSR count). The minimum Gasteiger partial charge on any atom is -0.366 e. The number of hydrogen-bond acceptors (Lipinski definition) is 3. The molecule has 19 heavy (non-hydrogen) atoms. The summed E-state index contributed by atoms with van der Waals surface area (Å²) < 4.78 is 5.77. The smallest absolute Gasteiger partial charge is 0.251 e. The highest BCUT2D eigenvalue weighted by Gasteiger charge is 2.52. The summed E-state index contributed by atoms with van der Waals surface area (Å²) in [4.78, 5) is 11.2. The molecule has 1 aromatic rings. The van der Waals surface area contributed by atoms with Crippen LogP contribution in [0.5, 0.6) is 0 Å². The number of nitro groups is 1. The van der Waals surface area contributed by atoms with Gasteiger partial charge in [-0.15, -0.1) is 6.58 Å². The Hall–Kier alpha value is -1.68. The molecule has 0 spiro atoms. The van der Waals surface area contributed by atoms with E-state index in [0.29, 0.717) is 12.8 Å². The highest BCUT2D eigenvalue weighted by atomic mass is 16.6. The van der Waals surface area contributed by atoms with Crippen molar-refractivity contribution in [3.05, 3.63) is 58.7 Å². The molecule has 0 saturated carbocycles. The quantitative estimate of drug-likeness (QED) is 0.474. The predicted octanol–water partition coefficient (Wildman–Crippen LogP) is 3.38. The lowest BCUT2D eigenvalue weighted by Crippen LogP contribution is -2.52. The number of hydrogen-bond donors (Lipinski definition) is 0. The molecule has 4 nitrogen and oxygen atoms in total. The van der Waals surface area contributed by atoms with Gasteiger partial charge in [-0.1, -0.05) is 43.3 Å². The van der Waals surface area contributed by atoms with Crippen LogP contribution >= 0.6 is 0 Å². The van der Waals surface area contributed by atoms with Gasteiger partial charge in [-0.2, -0.15) is 0 Å². The van der Waals surface area contributed by atoms with Crippen LogP contribution in [0.25, 0.3) is 0 Å². The summed E-state index contributed by atoms with van der Waals surface area (Å²) >= 11 is 0. The molecule has 1 aliphatic rings. The van der Waals surface area contributed by atoms with Crippen molar-refractivity contribution in [1.82, 2.24) is 0 Å². The Kier molecular flexibility index (Phi) is 4.00. The summed E-state index contributed by atoms with van der Waals surface area (Å²) in [6.45, 7) is 5.76. The van der Waals surface area contributed by atoms with Crippen LogP contribution in [0, 0.1) is 16.0 Å². The largest absolute Gasteiger partial charge is 0.366 e. The van der Waals surface area contributed by atoms with Crippen LogP contribution in [-0.4, -0.2) is 17.1 Å². The highest BCUT2D eigenvalue weighted by molar-refractivity contribution is 5.19. The SMILES string of the molecule is C=C[C@H]1C[C@@H](c2ccccc2)OC[C@@]1(CC)[N+](=O)[O-]. The second-order valence-corrected chi connectivity index (χ2v) is 5.00. The Morgan fingerprint density at radius 1 is 1.53 bits per heavy atom. The third-order valence-electron chi connectivity index (χ3n) is 4.12. The van der Waals surface area contributed by atoms with E-state index in [-0.39, 0.29) is 23.6 Å². The molecule has 4 heteroatoms. The van der Waals surface area contributed by atoms with Gasteiger partial charge in [-0.3, -0.25) is 10.1 Å². The Balaban J connectivity index is 2.23. The lowest BCUT2D eigenvalue weighted by Gasteiger charge is -2.38. The van der Waals surface area contributed by atoms with E-state index >= 15 is 0 Å². The van der Waals surface area contributed by atoms with Crippen LogP contribution in [0.15, 0.2) is 43.0 Å². The molecule has 0 bridgehead atoms. The fourth-order valence-corrected chi connectivity index (χ4v) is 2.77. The third-order valence-corrected chi connectivity index (χ3v) is 4.12. The monoisotopic (exact) mass is 261 g/mol. The van der Waals surface area contributed by atoms with Crippen LogP contribution in [0.3, 0.4) is 0 Å². The van der Waals surface area contributed by atoms with E-state index in [0.717, 1.165) is 5.56 Å². The number of ether oxygens (including phenoxy) is 1. The van der Waals surface area contributed by atoms with Crippen LogP contribution in [-0.2, 0) is 4.74 Å². The van der Waals surface area contributed by atoms with Crippen molar-refractivity contribution in [2.24, 2.45) is 5.92 Å². The van der Waals surface area contributed by atoms with Crippen molar-refractivity contribution >= 4 is 0 Å². The molecule has 0 amide bonds. The minimum absolute atomic E-state index is 0.0798. The van der Waals surface area contributed by atoms with Crippen LogP contribution < -0.4 is 0 Å². The summed E-state index contributed by atoms with van der Waals surface area (Å²) in [5.41, 5.74) is 0.0509. The lowest BCUT2D eigenvalue weighted by molar-refractivity contribution is -0.589. The Morgan fingerprint density at radius 2 is 2.21 bits per heavy atom. The van der Waals surface area contributed by atoms with Gasteiger partial charge in [0.25, 0.3) is 5.54 Å². The van der Waals surface area contributed by atoms with Crippen molar-refractivity contribution in [3.63, 3.8) is 0 Å². The molecular formula is C15H19NO3. The minimum atomic E-state index is -1.02. The maximum Gasteiger partial charge on any atom is 0.251 e. The van der Waals surface area contributed by atoms with Gasteiger partial charge in [0.1, 0.15) is 6.61 Å². The van der Waals surface area contributed by atoms with Crippen LogP contribution in [0.2, 0.25) is 0 Å². The topological polar surface area (TPSA) is 52.4 Å². The lowest BCUT2D eigenvalue weighted by atomic mass is 9.76. The number of benzene rings is 1. The fourth-order valence-electron chi connectivity index (χ4n) is 2.77. The number of nitrogens with zero attached hydrogens (tertiary/aromatic N) is 1. The predicted molar refractivity (Wildman–Crippen MR) is 73.5 cm³/mol. The van der Waals surface area contributed by atoms with Crippen molar-refractivity contribution in [1.29, 1.82) is 0 Å². The zero-order chi connectivity index (χ0) is 13.9. The van der Waals surface area contributed by atoms with Crippen LogP contribution in [0.4, 0.5) is 0 Å². The van der Waals surface area contributed by atoms with Gasteiger partial charge in [-0.05, 0) is 12.0 Å². The van der Waals surface area contributed by atoms with E-state index in [2.05, 4.69) is 6.58 Å². The first-order valence-electron chi connectivity index (χ1n) is 6.57. The molecule has 0 aromatic heterocycles. The highest BCUT2D eigenvalue weighted by Crippen LogP contribution is 2.41. The fraction of sp³-hybridized carbons (Fsp3) is 0.467. The van der Waals surface area contributed by atoms with Gasteiger partial charge in [-0.25, -0.2) is 0 Å². The molecule has 1 aromatic carbocycles. The molecule has 1 fully saturated rings. The number of rotatable bonds is 4. The van der Waals surface area contributed by atoms with Crippen molar-refractivity contribution in [2.45, 2.75) is 31.4 Å². The second-order valence-electron chi connectivity index (χ2n) is 5.00. The average molecular weight is 261 g/mol. The van der Waals surface area contributed by atoms with Crippen LogP contribution in [0.1, 0.15) is 31.4 Å². The first-order valence-corrected chi connectivity index (χ1v) is 6.57. The Labute approximate surface area is 113 Å². The van der Waals surface area contributed by atoms with Gasteiger partial charge in [0.05, 0.1) is 12.0 Å². The Morgan fingerprint density at radius 3 is 2.74 bits per heavy atom. The van der Waals surface area contributed by atoms with Crippen molar-refractivity contribution < 1.29 is 9.66 Å². The second kappa shape index (κ2) is 5.53. The molecule has 102 valence electrons. The van der Waals surface area contributed by atoms with Gasteiger partial charge in [0.15, 0.2) is 0 Å². The van der Waals surface area contributed by atoms with E-state index in [9.17, 15) is 10.1 Å². The zero-order valence-corrected chi connectivity index (χ0v) is 11.1. The molecule has 0 radical (unpaired) electrons. The maximum atomic E-state index is 11.4. The molecule has 1 saturated heterocycles. The zero-order valence-electron chi connectivity index (χ0n) is 11.1. The molecule has 1 heterocycles.